The van der Waals surface area contributed by atoms with Crippen LogP contribution in [0.5, 0.6) is 0 Å². The van der Waals surface area contributed by atoms with E-state index in [4.69, 9.17) is 10.1 Å². The minimum absolute atomic E-state index is 0.713. The van der Waals surface area contributed by atoms with Crippen molar-refractivity contribution < 1.29 is 0 Å². The summed E-state index contributed by atoms with van der Waals surface area (Å²) in [6, 6.07) is 46.9. The molecule has 0 saturated carbocycles. The summed E-state index contributed by atoms with van der Waals surface area (Å²) >= 11 is 0. The van der Waals surface area contributed by atoms with Crippen molar-refractivity contribution in [2.45, 2.75) is 13.1 Å². The number of benzene rings is 5. The number of fused-ring (bicyclic) bond motifs is 2. The average molecular weight is 521 g/mol. The predicted molar refractivity (Wildman–Crippen MR) is 164 cm³/mol. The van der Waals surface area contributed by atoms with Crippen LogP contribution in [-0.4, -0.2) is 22.8 Å². The first-order valence-corrected chi connectivity index (χ1v) is 16.3. The monoisotopic (exact) mass is 520 g/mol. The van der Waals surface area contributed by atoms with E-state index in [9.17, 15) is 0 Å². The van der Waals surface area contributed by atoms with Crippen LogP contribution in [0.3, 0.4) is 0 Å². The first-order valence-electron chi connectivity index (χ1n) is 13.3. The summed E-state index contributed by atoms with van der Waals surface area (Å²) in [6.07, 6.45) is 0. The largest absolute Gasteiger partial charge is 0.311 e. The summed E-state index contributed by atoms with van der Waals surface area (Å²) < 4.78 is 1.95. The number of para-hydroxylation sites is 2. The first kappa shape index (κ1) is 23.4. The number of hydrogen-bond acceptors (Lipinski definition) is 3. The summed E-state index contributed by atoms with van der Waals surface area (Å²) in [6.45, 7) is 4.90. The summed E-state index contributed by atoms with van der Waals surface area (Å²) in [5.41, 5.74) is 6.68. The van der Waals surface area contributed by atoms with Crippen LogP contribution in [0.15, 0.2) is 133 Å². The molecule has 39 heavy (non-hydrogen) atoms. The Morgan fingerprint density at radius 1 is 0.513 bits per heavy atom. The smallest absolute Gasteiger partial charge is 0.182 e. The highest BCUT2D eigenvalue weighted by Gasteiger charge is 2.38. The van der Waals surface area contributed by atoms with Crippen molar-refractivity contribution >= 4 is 35.5 Å². The number of rotatable bonds is 4. The van der Waals surface area contributed by atoms with Crippen molar-refractivity contribution in [3.63, 3.8) is 0 Å². The Labute approximate surface area is 229 Å². The van der Waals surface area contributed by atoms with Crippen LogP contribution < -0.4 is 15.3 Å². The molecule has 0 amide bonds. The second kappa shape index (κ2) is 9.22. The van der Waals surface area contributed by atoms with Crippen LogP contribution >= 0.6 is 0 Å². The van der Waals surface area contributed by atoms with Gasteiger partial charge in [0.05, 0.1) is 5.69 Å². The molecule has 2 heterocycles. The zero-order valence-electron chi connectivity index (χ0n) is 22.0. The molecule has 0 atom stereocenters. The summed E-state index contributed by atoms with van der Waals surface area (Å²) in [5.74, 6) is 1.54. The van der Waals surface area contributed by atoms with Crippen molar-refractivity contribution in [2.24, 2.45) is 0 Å². The van der Waals surface area contributed by atoms with Crippen molar-refractivity contribution in [1.82, 2.24) is 14.8 Å². The average Bonchev–Trinajstić information content (AvgIpc) is 3.44. The van der Waals surface area contributed by atoms with Gasteiger partial charge in [0.15, 0.2) is 11.6 Å². The third-order valence-corrected chi connectivity index (χ3v) is 11.2. The van der Waals surface area contributed by atoms with Gasteiger partial charge in [0.25, 0.3) is 0 Å². The molecule has 0 radical (unpaired) electrons. The molecule has 5 aromatic carbocycles. The van der Waals surface area contributed by atoms with Crippen LogP contribution in [0.4, 0.5) is 17.1 Å². The third-order valence-electron chi connectivity index (χ3n) is 7.66. The summed E-state index contributed by atoms with van der Waals surface area (Å²) in [5, 5.41) is 7.88. The normalized spacial score (nSPS) is 13.5. The van der Waals surface area contributed by atoms with Gasteiger partial charge >= 0.3 is 0 Å². The maximum absolute atomic E-state index is 4.96. The molecule has 188 valence electrons. The van der Waals surface area contributed by atoms with Crippen LogP contribution in [0.1, 0.15) is 0 Å². The van der Waals surface area contributed by atoms with E-state index in [0.717, 1.165) is 28.3 Å². The van der Waals surface area contributed by atoms with Crippen molar-refractivity contribution in [2.75, 3.05) is 4.90 Å². The molecule has 0 spiro atoms. The maximum Gasteiger partial charge on any atom is 0.182 e. The Hall–Kier alpha value is -4.74. The lowest BCUT2D eigenvalue weighted by molar-refractivity contribution is 0.890. The van der Waals surface area contributed by atoms with Crippen molar-refractivity contribution in [3.8, 4) is 28.5 Å². The molecule has 1 aliphatic heterocycles. The molecule has 0 bridgehead atoms. The third kappa shape index (κ3) is 3.90. The Balaban J connectivity index is 1.35. The Morgan fingerprint density at radius 3 is 1.59 bits per heavy atom. The van der Waals surface area contributed by atoms with Gasteiger partial charge in [0, 0.05) is 28.2 Å². The summed E-state index contributed by atoms with van der Waals surface area (Å²) in [4.78, 5) is 7.37. The molecule has 0 aliphatic carbocycles. The Morgan fingerprint density at radius 2 is 1.00 bits per heavy atom. The zero-order chi connectivity index (χ0) is 26.4. The van der Waals surface area contributed by atoms with E-state index in [0.29, 0.717) is 5.82 Å². The minimum atomic E-state index is -1.81. The van der Waals surface area contributed by atoms with Crippen molar-refractivity contribution in [3.05, 3.63) is 133 Å². The second-order valence-corrected chi connectivity index (χ2v) is 14.7. The van der Waals surface area contributed by atoms with Gasteiger partial charge in [-0.15, -0.1) is 5.10 Å². The SMILES string of the molecule is C[Si]1(C)c2ccccc2N(c2ccc(-n3nc(-c4ccccc4)nc3-c3ccccc3)cc2)c2ccccc21. The standard InChI is InChI=1S/C34H28N4Si/c1-39(2)31-19-11-9-17-29(31)37(30-18-10-12-20-32(30)39)27-21-23-28(24-22-27)38-34(26-15-7-4-8-16-26)35-33(36-38)25-13-5-3-6-14-25/h3-24H,1-2H3. The van der Waals surface area contributed by atoms with E-state index in [-0.39, 0.29) is 0 Å². The lowest BCUT2D eigenvalue weighted by Crippen LogP contribution is -2.58. The number of nitrogens with zero attached hydrogens (tertiary/aromatic N) is 4. The molecular formula is C34H28N4Si. The van der Waals surface area contributed by atoms with E-state index in [1.54, 1.807) is 0 Å². The molecule has 1 aliphatic rings. The molecule has 5 heteroatoms. The predicted octanol–water partition coefficient (Wildman–Crippen LogP) is 7.21. The Bertz CT molecular complexity index is 1720. The molecule has 0 fully saturated rings. The van der Waals surface area contributed by atoms with Gasteiger partial charge in [-0.05, 0) is 46.8 Å². The fourth-order valence-corrected chi connectivity index (χ4v) is 8.65. The van der Waals surface area contributed by atoms with Crippen molar-refractivity contribution in [1.29, 1.82) is 0 Å². The van der Waals surface area contributed by atoms with Gasteiger partial charge in [-0.3, -0.25) is 0 Å². The highest BCUT2D eigenvalue weighted by atomic mass is 28.3. The molecule has 6 aromatic rings. The number of aromatic nitrogens is 3. The van der Waals surface area contributed by atoms with Crippen LogP contribution in [0.2, 0.25) is 13.1 Å². The number of hydrogen-bond donors (Lipinski definition) is 0. The van der Waals surface area contributed by atoms with Gasteiger partial charge in [-0.25, -0.2) is 9.67 Å². The topological polar surface area (TPSA) is 34.0 Å². The van der Waals surface area contributed by atoms with Gasteiger partial charge in [0.2, 0.25) is 0 Å². The fraction of sp³-hybridized carbons (Fsp3) is 0.0588. The minimum Gasteiger partial charge on any atom is -0.311 e. The molecule has 4 nitrogen and oxygen atoms in total. The van der Waals surface area contributed by atoms with E-state index >= 15 is 0 Å². The highest BCUT2D eigenvalue weighted by molar-refractivity contribution is 7.02. The zero-order valence-corrected chi connectivity index (χ0v) is 23.0. The molecule has 7 rings (SSSR count). The van der Waals surface area contributed by atoms with E-state index in [2.05, 4.69) is 103 Å². The fourth-order valence-electron chi connectivity index (χ4n) is 5.67. The van der Waals surface area contributed by atoms with E-state index in [1.165, 1.54) is 21.7 Å². The maximum atomic E-state index is 4.96. The van der Waals surface area contributed by atoms with E-state index in [1.807, 2.05) is 53.2 Å². The van der Waals surface area contributed by atoms with Crippen LogP contribution in [-0.2, 0) is 0 Å². The molecule has 0 N–H and O–H groups in total. The van der Waals surface area contributed by atoms with Crippen LogP contribution in [0, 0.1) is 0 Å². The van der Waals surface area contributed by atoms with Crippen LogP contribution in [0.25, 0.3) is 28.5 Å². The van der Waals surface area contributed by atoms with Gasteiger partial charge in [0.1, 0.15) is 8.07 Å². The second-order valence-electron chi connectivity index (χ2n) is 10.4. The van der Waals surface area contributed by atoms with E-state index < -0.39 is 8.07 Å². The lowest BCUT2D eigenvalue weighted by Gasteiger charge is -2.41. The first-order chi connectivity index (χ1) is 19.1. The van der Waals surface area contributed by atoms with Gasteiger partial charge in [-0.1, -0.05) is 110 Å². The quantitative estimate of drug-likeness (QED) is 0.230. The molecule has 0 saturated heterocycles. The highest BCUT2D eigenvalue weighted by Crippen LogP contribution is 2.38. The van der Waals surface area contributed by atoms with Gasteiger partial charge < -0.3 is 4.90 Å². The Kier molecular flexibility index (Phi) is 5.53. The molecule has 1 aromatic heterocycles. The summed E-state index contributed by atoms with van der Waals surface area (Å²) in [7, 11) is -1.81. The molecule has 0 unspecified atom stereocenters. The lowest BCUT2D eigenvalue weighted by atomic mass is 10.1. The number of anilines is 3. The molecular weight excluding hydrogens is 492 g/mol. The van der Waals surface area contributed by atoms with Gasteiger partial charge in [-0.2, -0.15) is 0 Å².